The van der Waals surface area contributed by atoms with Gasteiger partial charge in [-0.05, 0) is 63.7 Å². The number of aromatic nitrogens is 1. The second kappa shape index (κ2) is 7.94. The molecule has 0 unspecified atom stereocenters. The Labute approximate surface area is 166 Å². The van der Waals surface area contributed by atoms with Crippen LogP contribution in [0.15, 0.2) is 42.5 Å². The van der Waals surface area contributed by atoms with Crippen LogP contribution in [0.5, 0.6) is 0 Å². The number of carbonyl (C=O) groups is 1. The lowest BCUT2D eigenvalue weighted by Gasteiger charge is -2.36. The van der Waals surface area contributed by atoms with Crippen LogP contribution in [0.25, 0.3) is 21.8 Å². The molecule has 1 fully saturated rings. The van der Waals surface area contributed by atoms with E-state index in [1.165, 1.54) is 27.4 Å². The van der Waals surface area contributed by atoms with E-state index in [4.69, 9.17) is 5.11 Å². The number of para-hydroxylation sites is 1. The number of aryl methyl sites for hydroxylation is 1. The molecule has 1 N–H and O–H groups in total. The smallest absolute Gasteiger partial charge is 0.317 e. The summed E-state index contributed by atoms with van der Waals surface area (Å²) in [5.74, 6) is -0.746. The third kappa shape index (κ3) is 3.64. The zero-order valence-electron chi connectivity index (χ0n) is 16.8. The number of carboxylic acid groups (broad SMARTS) is 1. The van der Waals surface area contributed by atoms with E-state index in [0.717, 1.165) is 39.0 Å². The van der Waals surface area contributed by atoms with Gasteiger partial charge >= 0.3 is 5.97 Å². The molecular weight excluding hydrogens is 350 g/mol. The van der Waals surface area contributed by atoms with Crippen molar-refractivity contribution < 1.29 is 9.90 Å². The van der Waals surface area contributed by atoms with E-state index in [1.807, 2.05) is 11.9 Å². The summed E-state index contributed by atoms with van der Waals surface area (Å²) in [5, 5.41) is 11.7. The highest BCUT2D eigenvalue weighted by Gasteiger charge is 2.23. The summed E-state index contributed by atoms with van der Waals surface area (Å²) in [6, 6.07) is 15.9. The molecule has 1 aliphatic heterocycles. The molecule has 3 aromatic rings. The van der Waals surface area contributed by atoms with Crippen molar-refractivity contribution in [3.8, 4) is 0 Å². The molecular formula is C23H29N3O2. The second-order valence-corrected chi connectivity index (χ2v) is 7.93. The number of carboxylic acids is 1. The molecule has 28 heavy (non-hydrogen) atoms. The molecule has 0 bridgehead atoms. The summed E-state index contributed by atoms with van der Waals surface area (Å²) in [5.41, 5.74) is 3.96. The third-order valence-corrected chi connectivity index (χ3v) is 6.12. The van der Waals surface area contributed by atoms with Gasteiger partial charge < -0.3 is 9.67 Å². The maximum Gasteiger partial charge on any atom is 0.317 e. The van der Waals surface area contributed by atoms with Crippen molar-refractivity contribution in [1.29, 1.82) is 0 Å². The van der Waals surface area contributed by atoms with Crippen molar-refractivity contribution in [3.05, 3.63) is 48.0 Å². The minimum absolute atomic E-state index is 0.128. The van der Waals surface area contributed by atoms with Crippen LogP contribution in [-0.2, 0) is 17.9 Å². The summed E-state index contributed by atoms with van der Waals surface area (Å²) in [4.78, 5) is 15.4. The molecule has 0 radical (unpaired) electrons. The molecule has 5 heteroatoms. The fraction of sp³-hybridized carbons (Fsp3) is 0.435. The lowest BCUT2D eigenvalue weighted by Crippen LogP contribution is -2.44. The van der Waals surface area contributed by atoms with Crippen molar-refractivity contribution in [2.75, 3.05) is 26.7 Å². The topological polar surface area (TPSA) is 48.7 Å². The number of benzene rings is 2. The number of rotatable bonds is 6. The van der Waals surface area contributed by atoms with Crippen molar-refractivity contribution in [2.45, 2.75) is 38.9 Å². The molecule has 0 saturated carbocycles. The molecule has 2 aromatic carbocycles. The van der Waals surface area contributed by atoms with E-state index in [0.29, 0.717) is 6.04 Å². The highest BCUT2D eigenvalue weighted by atomic mass is 16.4. The molecule has 4 rings (SSSR count). The van der Waals surface area contributed by atoms with Crippen molar-refractivity contribution in [3.63, 3.8) is 0 Å². The first-order valence-electron chi connectivity index (χ1n) is 10.2. The average molecular weight is 380 g/mol. The number of fused-ring (bicyclic) bond motifs is 3. The van der Waals surface area contributed by atoms with Gasteiger partial charge in [0.2, 0.25) is 0 Å². The van der Waals surface area contributed by atoms with Gasteiger partial charge in [0.25, 0.3) is 0 Å². The Bertz CT molecular complexity index is 986. The first-order valence-corrected chi connectivity index (χ1v) is 10.2. The Kier molecular flexibility index (Phi) is 5.38. The van der Waals surface area contributed by atoms with Crippen LogP contribution in [0.4, 0.5) is 0 Å². The third-order valence-electron chi connectivity index (χ3n) is 6.12. The van der Waals surface area contributed by atoms with Crippen molar-refractivity contribution in [2.24, 2.45) is 0 Å². The van der Waals surface area contributed by atoms with Gasteiger partial charge in [-0.2, -0.15) is 0 Å². The van der Waals surface area contributed by atoms with E-state index < -0.39 is 5.97 Å². The van der Waals surface area contributed by atoms with E-state index in [-0.39, 0.29) is 6.54 Å². The Morgan fingerprint density at radius 3 is 2.54 bits per heavy atom. The van der Waals surface area contributed by atoms with Gasteiger partial charge in [-0.3, -0.25) is 14.6 Å². The van der Waals surface area contributed by atoms with E-state index in [1.54, 1.807) is 0 Å². The lowest BCUT2D eigenvalue weighted by atomic mass is 10.0. The largest absolute Gasteiger partial charge is 0.480 e. The Hall–Kier alpha value is -2.37. The molecule has 1 saturated heterocycles. The molecule has 1 aromatic heterocycles. The van der Waals surface area contributed by atoms with E-state index >= 15 is 0 Å². The zero-order chi connectivity index (χ0) is 19.7. The number of nitrogens with zero attached hydrogens (tertiary/aromatic N) is 3. The normalized spacial score (nSPS) is 16.4. The highest BCUT2D eigenvalue weighted by Crippen LogP contribution is 2.30. The monoisotopic (exact) mass is 379 g/mol. The van der Waals surface area contributed by atoms with Crippen molar-refractivity contribution in [1.82, 2.24) is 14.4 Å². The number of hydrogen-bond donors (Lipinski definition) is 1. The van der Waals surface area contributed by atoms with Crippen LogP contribution >= 0.6 is 0 Å². The summed E-state index contributed by atoms with van der Waals surface area (Å²) < 4.78 is 2.39. The zero-order valence-corrected chi connectivity index (χ0v) is 16.8. The second-order valence-electron chi connectivity index (χ2n) is 7.93. The maximum atomic E-state index is 10.9. The standard InChI is InChI=1S/C23H29N3O2/c1-3-26-21-7-5-4-6-19(21)20-14-17(8-9-22(20)26)15-25-12-10-18(11-13-25)24(2)16-23(27)28/h4-9,14,18H,3,10-13,15-16H2,1-2H3,(H,27,28). The number of likely N-dealkylation sites (N-methyl/N-ethyl adjacent to an activating group) is 1. The van der Waals surface area contributed by atoms with Gasteiger partial charge in [-0.25, -0.2) is 0 Å². The number of likely N-dealkylation sites (tertiary alicyclic amines) is 1. The first kappa shape index (κ1) is 19.0. The van der Waals surface area contributed by atoms with Gasteiger partial charge in [0.1, 0.15) is 0 Å². The fourth-order valence-electron chi connectivity index (χ4n) is 4.66. The van der Waals surface area contributed by atoms with Gasteiger partial charge in [0, 0.05) is 40.9 Å². The van der Waals surface area contributed by atoms with Crippen LogP contribution < -0.4 is 0 Å². The predicted molar refractivity (Wildman–Crippen MR) is 114 cm³/mol. The van der Waals surface area contributed by atoms with Crippen LogP contribution in [-0.4, -0.2) is 58.2 Å². The van der Waals surface area contributed by atoms with Crippen LogP contribution in [0.3, 0.4) is 0 Å². The van der Waals surface area contributed by atoms with E-state index in [9.17, 15) is 4.79 Å². The highest BCUT2D eigenvalue weighted by molar-refractivity contribution is 6.08. The molecule has 0 atom stereocenters. The minimum atomic E-state index is -0.746. The summed E-state index contributed by atoms with van der Waals surface area (Å²) in [7, 11) is 1.92. The number of hydrogen-bond acceptors (Lipinski definition) is 3. The maximum absolute atomic E-state index is 10.9. The Balaban J connectivity index is 1.49. The SMILES string of the molecule is CCn1c2ccccc2c2cc(CN3CCC(N(C)CC(=O)O)CC3)ccc21. The van der Waals surface area contributed by atoms with Gasteiger partial charge in [0.15, 0.2) is 0 Å². The molecule has 2 heterocycles. The Morgan fingerprint density at radius 2 is 1.82 bits per heavy atom. The first-order chi connectivity index (χ1) is 13.6. The van der Waals surface area contributed by atoms with Crippen LogP contribution in [0.1, 0.15) is 25.3 Å². The molecule has 0 amide bonds. The average Bonchev–Trinajstić information content (AvgIpc) is 3.01. The predicted octanol–water partition coefficient (Wildman–Crippen LogP) is 3.80. The van der Waals surface area contributed by atoms with Gasteiger partial charge in [-0.15, -0.1) is 0 Å². The minimum Gasteiger partial charge on any atom is -0.480 e. The molecule has 1 aliphatic rings. The summed E-state index contributed by atoms with van der Waals surface area (Å²) >= 11 is 0. The summed E-state index contributed by atoms with van der Waals surface area (Å²) in [6.07, 6.45) is 2.06. The van der Waals surface area contributed by atoms with Gasteiger partial charge in [0.05, 0.1) is 6.54 Å². The molecule has 0 spiro atoms. The quantitative estimate of drug-likeness (QED) is 0.708. The molecule has 148 valence electrons. The van der Waals surface area contributed by atoms with Crippen LogP contribution in [0.2, 0.25) is 0 Å². The molecule has 5 nitrogen and oxygen atoms in total. The Morgan fingerprint density at radius 1 is 1.11 bits per heavy atom. The number of aliphatic carboxylic acids is 1. The molecule has 0 aliphatic carbocycles. The van der Waals surface area contributed by atoms with Gasteiger partial charge in [-0.1, -0.05) is 24.3 Å². The number of piperidine rings is 1. The summed E-state index contributed by atoms with van der Waals surface area (Å²) in [6.45, 7) is 6.29. The van der Waals surface area contributed by atoms with Crippen molar-refractivity contribution >= 4 is 27.8 Å². The van der Waals surface area contributed by atoms with Crippen LogP contribution in [0, 0.1) is 0 Å². The lowest BCUT2D eigenvalue weighted by molar-refractivity contribution is -0.138. The fourth-order valence-corrected chi connectivity index (χ4v) is 4.66. The van der Waals surface area contributed by atoms with E-state index in [2.05, 4.69) is 58.9 Å².